The Balaban J connectivity index is 1.26. The number of rotatable bonds is 7. The van der Waals surface area contributed by atoms with E-state index >= 15 is 0 Å². The largest absolute Gasteiger partial charge is 0.485 e. The SMILES string of the molecule is COC(C)(C#Cc1cccc(COc2cc(-c3cnc(C4CCN(C)CC4)s3)cnc2N)c1)C1CCC1. The molecule has 1 saturated heterocycles. The van der Waals surface area contributed by atoms with Crippen LogP contribution in [-0.2, 0) is 11.3 Å². The second-order valence-electron chi connectivity index (χ2n) is 10.4. The summed E-state index contributed by atoms with van der Waals surface area (Å²) < 4.78 is 11.9. The van der Waals surface area contributed by atoms with Gasteiger partial charge in [0.25, 0.3) is 0 Å². The van der Waals surface area contributed by atoms with E-state index in [1.165, 1.54) is 24.3 Å². The lowest BCUT2D eigenvalue weighted by atomic mass is 9.74. The maximum absolute atomic E-state index is 6.17. The van der Waals surface area contributed by atoms with Crippen LogP contribution in [0, 0.1) is 17.8 Å². The fourth-order valence-electron chi connectivity index (χ4n) is 4.95. The molecule has 1 aromatic carbocycles. The number of nitrogens with zero attached hydrogens (tertiary/aromatic N) is 3. The fraction of sp³-hybridized carbons (Fsp3) is 0.467. The van der Waals surface area contributed by atoms with Gasteiger partial charge in [-0.2, -0.15) is 0 Å². The van der Waals surface area contributed by atoms with Gasteiger partial charge in [-0.25, -0.2) is 9.97 Å². The van der Waals surface area contributed by atoms with E-state index in [0.717, 1.165) is 47.5 Å². The van der Waals surface area contributed by atoms with Gasteiger partial charge in [0.2, 0.25) is 0 Å². The van der Waals surface area contributed by atoms with Crippen LogP contribution in [0.15, 0.2) is 42.7 Å². The van der Waals surface area contributed by atoms with Crippen molar-refractivity contribution in [2.24, 2.45) is 5.92 Å². The highest BCUT2D eigenvalue weighted by Gasteiger charge is 2.36. The Hall–Kier alpha value is -2.92. The molecular weight excluding hydrogens is 480 g/mol. The first-order valence-corrected chi connectivity index (χ1v) is 14.0. The Morgan fingerprint density at radius 2 is 1.95 bits per heavy atom. The number of methoxy groups -OCH3 is 1. The van der Waals surface area contributed by atoms with Gasteiger partial charge in [0, 0.05) is 36.5 Å². The van der Waals surface area contributed by atoms with Gasteiger partial charge in [-0.1, -0.05) is 30.4 Å². The maximum Gasteiger partial charge on any atom is 0.166 e. The van der Waals surface area contributed by atoms with Crippen LogP contribution in [0.4, 0.5) is 5.82 Å². The molecule has 1 saturated carbocycles. The number of likely N-dealkylation sites (tertiary alicyclic amines) is 1. The molecule has 5 rings (SSSR count). The average Bonchev–Trinajstić information content (AvgIpc) is 3.37. The molecule has 194 valence electrons. The number of hydrogen-bond acceptors (Lipinski definition) is 7. The molecule has 6 nitrogen and oxygen atoms in total. The quantitative estimate of drug-likeness (QED) is 0.404. The van der Waals surface area contributed by atoms with Crippen LogP contribution in [0.1, 0.15) is 61.1 Å². The Bertz CT molecular complexity index is 1280. The van der Waals surface area contributed by atoms with Crippen molar-refractivity contribution in [3.8, 4) is 28.0 Å². The lowest BCUT2D eigenvalue weighted by molar-refractivity contribution is -0.0239. The molecule has 0 amide bonds. The molecule has 1 aliphatic carbocycles. The molecule has 7 heteroatoms. The molecule has 2 aromatic heterocycles. The lowest BCUT2D eigenvalue weighted by Gasteiger charge is -2.38. The van der Waals surface area contributed by atoms with Crippen LogP contribution in [-0.4, -0.2) is 47.7 Å². The van der Waals surface area contributed by atoms with Crippen LogP contribution in [0.5, 0.6) is 5.75 Å². The third-order valence-corrected chi connectivity index (χ3v) is 9.05. The predicted octanol–water partition coefficient (Wildman–Crippen LogP) is 5.73. The molecule has 1 unspecified atom stereocenters. The van der Waals surface area contributed by atoms with Crippen molar-refractivity contribution in [1.29, 1.82) is 0 Å². The van der Waals surface area contributed by atoms with Gasteiger partial charge < -0.3 is 20.1 Å². The summed E-state index contributed by atoms with van der Waals surface area (Å²) in [6.45, 7) is 4.73. The van der Waals surface area contributed by atoms with Crippen molar-refractivity contribution >= 4 is 17.2 Å². The number of anilines is 1. The van der Waals surface area contributed by atoms with E-state index in [1.54, 1.807) is 24.6 Å². The second-order valence-corrected chi connectivity index (χ2v) is 11.5. The summed E-state index contributed by atoms with van der Waals surface area (Å²) in [5.41, 5.74) is 8.74. The Morgan fingerprint density at radius 3 is 2.68 bits per heavy atom. The zero-order valence-electron chi connectivity index (χ0n) is 22.0. The molecule has 2 N–H and O–H groups in total. The number of ether oxygens (including phenoxy) is 2. The summed E-state index contributed by atoms with van der Waals surface area (Å²) in [4.78, 5) is 12.6. The highest BCUT2D eigenvalue weighted by molar-refractivity contribution is 7.15. The van der Waals surface area contributed by atoms with Crippen molar-refractivity contribution in [1.82, 2.24) is 14.9 Å². The second kappa shape index (κ2) is 11.2. The molecule has 3 heterocycles. The van der Waals surface area contributed by atoms with Gasteiger partial charge in [0.15, 0.2) is 11.6 Å². The van der Waals surface area contributed by atoms with E-state index in [2.05, 4.69) is 41.8 Å². The van der Waals surface area contributed by atoms with E-state index in [9.17, 15) is 0 Å². The molecular formula is C30H36N4O2S. The van der Waals surface area contributed by atoms with Crippen molar-refractivity contribution in [3.05, 3.63) is 58.9 Å². The van der Waals surface area contributed by atoms with Crippen molar-refractivity contribution < 1.29 is 9.47 Å². The first-order chi connectivity index (χ1) is 17.9. The number of benzene rings is 1. The predicted molar refractivity (Wildman–Crippen MR) is 150 cm³/mol. The topological polar surface area (TPSA) is 73.5 Å². The van der Waals surface area contributed by atoms with E-state index in [4.69, 9.17) is 20.2 Å². The summed E-state index contributed by atoms with van der Waals surface area (Å²) in [6.07, 6.45) is 9.71. The molecule has 2 aliphatic rings. The molecule has 1 atom stereocenters. The number of thiazole rings is 1. The van der Waals surface area contributed by atoms with E-state index in [1.807, 2.05) is 30.5 Å². The van der Waals surface area contributed by atoms with E-state index in [-0.39, 0.29) is 0 Å². The number of nitrogens with two attached hydrogens (primary N) is 1. The molecule has 0 radical (unpaired) electrons. The Kier molecular flexibility index (Phi) is 7.80. The number of piperidine rings is 1. The monoisotopic (exact) mass is 516 g/mol. The van der Waals surface area contributed by atoms with Crippen molar-refractivity contribution in [2.75, 3.05) is 33.0 Å². The highest BCUT2D eigenvalue weighted by Crippen LogP contribution is 2.38. The summed E-state index contributed by atoms with van der Waals surface area (Å²) >= 11 is 1.75. The maximum atomic E-state index is 6.17. The standard InChI is InChI=1S/C30H36N4O2S/c1-30(35-3,25-8-5-9-25)13-10-21-6-4-7-22(16-21)20-36-26-17-24(18-32-28(26)31)27-19-33-29(37-27)23-11-14-34(2)15-12-23/h4,6-7,16-19,23,25H,5,8-9,11-12,14-15,20H2,1-3H3,(H2,31,32). The van der Waals surface area contributed by atoms with Gasteiger partial charge in [-0.05, 0) is 82.4 Å². The first-order valence-electron chi connectivity index (χ1n) is 13.1. The number of nitrogen functional groups attached to an aromatic ring is 1. The minimum Gasteiger partial charge on any atom is -0.485 e. The van der Waals surface area contributed by atoms with E-state index in [0.29, 0.717) is 30.0 Å². The zero-order chi connectivity index (χ0) is 25.8. The third-order valence-electron chi connectivity index (χ3n) is 7.84. The number of aromatic nitrogens is 2. The Labute approximate surface area is 224 Å². The van der Waals surface area contributed by atoms with Crippen molar-refractivity contribution in [3.63, 3.8) is 0 Å². The van der Waals surface area contributed by atoms with Crippen LogP contribution in [0.2, 0.25) is 0 Å². The van der Waals surface area contributed by atoms with Gasteiger partial charge >= 0.3 is 0 Å². The normalized spacial score (nSPS) is 18.5. The van der Waals surface area contributed by atoms with Gasteiger partial charge in [-0.15, -0.1) is 11.3 Å². The minimum absolute atomic E-state index is 0.385. The minimum atomic E-state index is -0.394. The molecule has 3 aromatic rings. The molecule has 37 heavy (non-hydrogen) atoms. The van der Waals surface area contributed by atoms with Crippen LogP contribution in [0.3, 0.4) is 0 Å². The smallest absolute Gasteiger partial charge is 0.166 e. The molecule has 0 spiro atoms. The van der Waals surface area contributed by atoms with Crippen LogP contribution < -0.4 is 10.5 Å². The van der Waals surface area contributed by atoms with Gasteiger partial charge in [0.05, 0.1) is 9.88 Å². The summed E-state index contributed by atoms with van der Waals surface area (Å²) in [5.74, 6) is 8.72. The van der Waals surface area contributed by atoms with Crippen LogP contribution >= 0.6 is 11.3 Å². The first kappa shape index (κ1) is 25.7. The fourth-order valence-corrected chi connectivity index (χ4v) is 6.01. The summed E-state index contributed by atoms with van der Waals surface area (Å²) in [7, 11) is 3.94. The lowest BCUT2D eigenvalue weighted by Crippen LogP contribution is -2.39. The third kappa shape index (κ3) is 5.98. The molecule has 1 aliphatic heterocycles. The van der Waals surface area contributed by atoms with Crippen LogP contribution in [0.25, 0.3) is 10.4 Å². The highest BCUT2D eigenvalue weighted by atomic mass is 32.1. The number of hydrogen-bond donors (Lipinski definition) is 1. The molecule has 2 fully saturated rings. The Morgan fingerprint density at radius 1 is 1.14 bits per heavy atom. The summed E-state index contributed by atoms with van der Waals surface area (Å²) in [6, 6.07) is 10.1. The van der Waals surface area contributed by atoms with E-state index < -0.39 is 5.60 Å². The van der Waals surface area contributed by atoms with Gasteiger partial charge in [0.1, 0.15) is 12.2 Å². The van der Waals surface area contributed by atoms with Crippen molar-refractivity contribution in [2.45, 2.75) is 57.2 Å². The van der Waals surface area contributed by atoms with Gasteiger partial charge in [-0.3, -0.25) is 0 Å². The molecule has 0 bridgehead atoms. The number of pyridine rings is 1. The summed E-state index contributed by atoms with van der Waals surface area (Å²) in [5, 5.41) is 1.21. The average molecular weight is 517 g/mol. The zero-order valence-corrected chi connectivity index (χ0v) is 22.8.